The van der Waals surface area contributed by atoms with Gasteiger partial charge >= 0.3 is 5.97 Å². The first-order valence-corrected chi connectivity index (χ1v) is 8.30. The predicted octanol–water partition coefficient (Wildman–Crippen LogP) is 3.29. The molecule has 2 atom stereocenters. The maximum atomic E-state index is 12.5. The van der Waals surface area contributed by atoms with Crippen molar-refractivity contribution in [2.45, 2.75) is 84.4 Å². The van der Waals surface area contributed by atoms with Gasteiger partial charge in [0.25, 0.3) is 0 Å². The summed E-state index contributed by atoms with van der Waals surface area (Å²) in [5.74, 6) is 0.207. The second-order valence-electron chi connectivity index (χ2n) is 7.33. The van der Waals surface area contributed by atoms with Gasteiger partial charge in [0.2, 0.25) is 0 Å². The highest BCUT2D eigenvalue weighted by molar-refractivity contribution is 5.82. The molecule has 0 heterocycles. The largest absolute Gasteiger partial charge is 0.465 e. The van der Waals surface area contributed by atoms with Crippen LogP contribution in [0.15, 0.2) is 0 Å². The molecule has 1 N–H and O–H groups in total. The lowest BCUT2D eigenvalue weighted by Crippen LogP contribution is -2.58. The minimum Gasteiger partial charge on any atom is -0.465 e. The van der Waals surface area contributed by atoms with Gasteiger partial charge in [0.15, 0.2) is 0 Å². The second-order valence-corrected chi connectivity index (χ2v) is 7.33. The Hall–Kier alpha value is -0.610. The summed E-state index contributed by atoms with van der Waals surface area (Å²) in [6, 6.07) is 0.263. The Morgan fingerprint density at radius 1 is 1.38 bits per heavy atom. The zero-order chi connectivity index (χ0) is 16.1. The quantitative estimate of drug-likeness (QED) is 0.733. The molecule has 4 heteroatoms. The minimum absolute atomic E-state index is 0.0861. The molecule has 0 saturated heterocycles. The Labute approximate surface area is 130 Å². The lowest BCUT2D eigenvalue weighted by Gasteiger charge is -2.36. The van der Waals surface area contributed by atoms with Crippen molar-refractivity contribution in [1.82, 2.24) is 5.32 Å². The average molecular weight is 299 g/mol. The van der Waals surface area contributed by atoms with Crippen molar-refractivity contribution in [3.8, 4) is 0 Å². The molecular weight excluding hydrogens is 266 g/mol. The van der Waals surface area contributed by atoms with E-state index in [0.717, 1.165) is 25.7 Å². The van der Waals surface area contributed by atoms with E-state index >= 15 is 0 Å². The standard InChI is InChI=1S/C17H33NO3/c1-7-20-15(19)17(18-13(2)3)11-8-9-14(17)10-12-21-16(4,5)6/h13-14,18H,7-12H2,1-6H3. The van der Waals surface area contributed by atoms with E-state index < -0.39 is 5.54 Å². The molecule has 2 unspecified atom stereocenters. The van der Waals surface area contributed by atoms with Gasteiger partial charge in [-0.05, 0) is 66.7 Å². The topological polar surface area (TPSA) is 47.6 Å². The van der Waals surface area contributed by atoms with Crippen LogP contribution in [-0.4, -0.2) is 36.4 Å². The Morgan fingerprint density at radius 2 is 2.05 bits per heavy atom. The first-order valence-electron chi connectivity index (χ1n) is 8.30. The first kappa shape index (κ1) is 18.4. The summed E-state index contributed by atoms with van der Waals surface area (Å²) in [6.07, 6.45) is 3.89. The van der Waals surface area contributed by atoms with E-state index in [2.05, 4.69) is 39.9 Å². The van der Waals surface area contributed by atoms with Gasteiger partial charge in [-0.3, -0.25) is 10.1 Å². The summed E-state index contributed by atoms with van der Waals surface area (Å²) in [4.78, 5) is 12.5. The summed E-state index contributed by atoms with van der Waals surface area (Å²) < 4.78 is 11.2. The van der Waals surface area contributed by atoms with Gasteiger partial charge in [0, 0.05) is 12.6 Å². The molecule has 0 aromatic heterocycles. The highest BCUT2D eigenvalue weighted by atomic mass is 16.5. The molecular formula is C17H33NO3. The zero-order valence-electron chi connectivity index (χ0n) is 14.6. The van der Waals surface area contributed by atoms with Crippen LogP contribution in [0.3, 0.4) is 0 Å². The van der Waals surface area contributed by atoms with Crippen molar-refractivity contribution < 1.29 is 14.3 Å². The number of esters is 1. The van der Waals surface area contributed by atoms with E-state index in [0.29, 0.717) is 19.1 Å². The molecule has 0 amide bonds. The van der Waals surface area contributed by atoms with E-state index in [4.69, 9.17) is 9.47 Å². The van der Waals surface area contributed by atoms with Crippen molar-refractivity contribution in [2.24, 2.45) is 5.92 Å². The van der Waals surface area contributed by atoms with Crippen molar-refractivity contribution in [2.75, 3.05) is 13.2 Å². The molecule has 0 aromatic rings. The Morgan fingerprint density at radius 3 is 2.57 bits per heavy atom. The molecule has 1 aliphatic carbocycles. The number of carbonyl (C=O) groups excluding carboxylic acids is 1. The number of rotatable bonds is 7. The summed E-state index contributed by atoms with van der Waals surface area (Å²) in [7, 11) is 0. The first-order chi connectivity index (χ1) is 9.71. The van der Waals surface area contributed by atoms with Crippen LogP contribution in [0.5, 0.6) is 0 Å². The fourth-order valence-corrected chi connectivity index (χ4v) is 3.27. The van der Waals surface area contributed by atoms with E-state index in [9.17, 15) is 4.79 Å². The monoisotopic (exact) mass is 299 g/mol. The van der Waals surface area contributed by atoms with Crippen LogP contribution < -0.4 is 5.32 Å². The highest BCUT2D eigenvalue weighted by Gasteiger charge is 2.50. The van der Waals surface area contributed by atoms with Crippen LogP contribution in [-0.2, 0) is 14.3 Å². The van der Waals surface area contributed by atoms with E-state index in [1.807, 2.05) is 6.92 Å². The number of hydrogen-bond donors (Lipinski definition) is 1. The molecule has 0 bridgehead atoms. The van der Waals surface area contributed by atoms with Gasteiger partial charge < -0.3 is 9.47 Å². The molecule has 124 valence electrons. The Balaban J connectivity index is 2.76. The molecule has 21 heavy (non-hydrogen) atoms. The highest BCUT2D eigenvalue weighted by Crippen LogP contribution is 2.39. The third-order valence-electron chi connectivity index (χ3n) is 4.01. The molecule has 1 rings (SSSR count). The molecule has 0 aliphatic heterocycles. The fourth-order valence-electron chi connectivity index (χ4n) is 3.27. The summed E-state index contributed by atoms with van der Waals surface area (Å²) in [6.45, 7) is 13.4. The summed E-state index contributed by atoms with van der Waals surface area (Å²) in [5, 5.41) is 3.51. The molecule has 0 radical (unpaired) electrons. The van der Waals surface area contributed by atoms with E-state index in [1.54, 1.807) is 0 Å². The molecule has 4 nitrogen and oxygen atoms in total. The van der Waals surface area contributed by atoms with Crippen molar-refractivity contribution in [1.29, 1.82) is 0 Å². The normalized spacial score (nSPS) is 26.3. The Bertz CT molecular complexity index is 335. The second kappa shape index (κ2) is 7.59. The van der Waals surface area contributed by atoms with E-state index in [1.165, 1.54) is 0 Å². The summed E-state index contributed by atoms with van der Waals surface area (Å²) >= 11 is 0. The minimum atomic E-state index is -0.522. The van der Waals surface area contributed by atoms with Crippen LogP contribution >= 0.6 is 0 Å². The predicted molar refractivity (Wildman–Crippen MR) is 85.3 cm³/mol. The molecule has 0 aromatic carbocycles. The van der Waals surface area contributed by atoms with Gasteiger partial charge in [0.1, 0.15) is 5.54 Å². The number of hydrogen-bond acceptors (Lipinski definition) is 4. The van der Waals surface area contributed by atoms with Crippen molar-refractivity contribution in [3.63, 3.8) is 0 Å². The third-order valence-corrected chi connectivity index (χ3v) is 4.01. The van der Waals surface area contributed by atoms with Gasteiger partial charge in [-0.15, -0.1) is 0 Å². The van der Waals surface area contributed by atoms with Crippen LogP contribution in [0.1, 0.15) is 67.2 Å². The smallest absolute Gasteiger partial charge is 0.326 e. The Kier molecular flexibility index (Phi) is 6.67. The molecule has 0 spiro atoms. The third kappa shape index (κ3) is 5.26. The summed E-state index contributed by atoms with van der Waals surface area (Å²) in [5.41, 5.74) is -0.651. The zero-order valence-corrected chi connectivity index (χ0v) is 14.6. The van der Waals surface area contributed by atoms with Gasteiger partial charge in [-0.2, -0.15) is 0 Å². The SMILES string of the molecule is CCOC(=O)C1(NC(C)C)CCCC1CCOC(C)(C)C. The number of nitrogens with one attached hydrogen (secondary N) is 1. The average Bonchev–Trinajstić information content (AvgIpc) is 2.71. The number of ether oxygens (including phenoxy) is 2. The van der Waals surface area contributed by atoms with Gasteiger partial charge in [-0.1, -0.05) is 6.42 Å². The van der Waals surface area contributed by atoms with Crippen LogP contribution in [0, 0.1) is 5.92 Å². The lowest BCUT2D eigenvalue weighted by molar-refractivity contribution is -0.154. The van der Waals surface area contributed by atoms with Crippen LogP contribution in [0.2, 0.25) is 0 Å². The van der Waals surface area contributed by atoms with Crippen molar-refractivity contribution in [3.05, 3.63) is 0 Å². The number of carbonyl (C=O) groups is 1. The maximum Gasteiger partial charge on any atom is 0.326 e. The van der Waals surface area contributed by atoms with Crippen molar-refractivity contribution >= 4 is 5.97 Å². The van der Waals surface area contributed by atoms with Crippen LogP contribution in [0.25, 0.3) is 0 Å². The lowest BCUT2D eigenvalue weighted by atomic mass is 9.84. The fraction of sp³-hybridized carbons (Fsp3) is 0.941. The van der Waals surface area contributed by atoms with E-state index in [-0.39, 0.29) is 17.6 Å². The van der Waals surface area contributed by atoms with Crippen LogP contribution in [0.4, 0.5) is 0 Å². The maximum absolute atomic E-state index is 12.5. The van der Waals surface area contributed by atoms with Gasteiger partial charge in [0.05, 0.1) is 12.2 Å². The van der Waals surface area contributed by atoms with Gasteiger partial charge in [-0.25, -0.2) is 0 Å². The molecule has 1 aliphatic rings. The molecule has 1 saturated carbocycles. The molecule has 1 fully saturated rings.